The molecule has 4 aromatic heterocycles. The van der Waals surface area contributed by atoms with Crippen molar-refractivity contribution in [3.05, 3.63) is 115 Å². The van der Waals surface area contributed by atoms with Crippen LogP contribution in [-0.4, -0.2) is 24.9 Å². The van der Waals surface area contributed by atoms with Gasteiger partial charge in [-0.25, -0.2) is 19.9 Å². The summed E-state index contributed by atoms with van der Waals surface area (Å²) in [6.45, 7) is -2.30. The van der Waals surface area contributed by atoms with E-state index in [1.54, 1.807) is 12.1 Å². The highest BCUT2D eigenvalue weighted by molar-refractivity contribution is 6.03. The fourth-order valence-corrected chi connectivity index (χ4v) is 4.60. The van der Waals surface area contributed by atoms with Crippen molar-refractivity contribution in [2.24, 2.45) is 0 Å². The number of hydrogen-bond donors (Lipinski definition) is 0. The third kappa shape index (κ3) is 3.78. The van der Waals surface area contributed by atoms with E-state index >= 15 is 0 Å². The molecule has 0 saturated heterocycles. The summed E-state index contributed by atoms with van der Waals surface area (Å²) >= 11 is 0. The Labute approximate surface area is 217 Å². The molecule has 37 heavy (non-hydrogen) atoms. The van der Waals surface area contributed by atoms with Crippen molar-refractivity contribution in [3.8, 4) is 34.0 Å². The minimum absolute atomic E-state index is 0.0446. The lowest BCUT2D eigenvalue weighted by Crippen LogP contribution is -1.98. The second-order valence-corrected chi connectivity index (χ2v) is 8.79. The van der Waals surface area contributed by atoms with Gasteiger partial charge in [-0.3, -0.25) is 4.98 Å². The van der Waals surface area contributed by atoms with Gasteiger partial charge in [0.1, 0.15) is 5.69 Å². The quantitative estimate of drug-likeness (QED) is 0.247. The number of hydrogen-bond acceptors (Lipinski definition) is 5. The van der Waals surface area contributed by atoms with Crippen LogP contribution in [0.1, 0.15) is 9.81 Å². The number of fused-ring (bicyclic) bond motifs is 4. The number of nitrogens with zero attached hydrogens (tertiary/aromatic N) is 5. The van der Waals surface area contributed by atoms with E-state index in [4.69, 9.17) is 24.0 Å². The summed E-state index contributed by atoms with van der Waals surface area (Å²) in [5, 5.41) is 1.69. The van der Waals surface area contributed by atoms with Gasteiger partial charge >= 0.3 is 0 Å². The van der Waals surface area contributed by atoms with E-state index in [2.05, 4.69) is 4.98 Å². The SMILES string of the molecule is [2H]C([2H])([2H])c1ccc2ccc3ccc(-c4cccc(-c5nc6ccccc6nc5-c5ccccc5)n4)nc3c2n1. The molecule has 5 heteroatoms. The molecule has 0 spiro atoms. The normalized spacial score (nSPS) is 12.9. The molecule has 5 nitrogen and oxygen atoms in total. The first-order valence-electron chi connectivity index (χ1n) is 13.5. The van der Waals surface area contributed by atoms with E-state index < -0.39 is 6.85 Å². The number of aryl methyl sites for hydroxylation is 1. The summed E-state index contributed by atoms with van der Waals surface area (Å²) in [7, 11) is 0. The zero-order valence-electron chi connectivity index (χ0n) is 22.6. The molecular formula is C32H21N5. The van der Waals surface area contributed by atoms with Gasteiger partial charge in [-0.05, 0) is 43.3 Å². The van der Waals surface area contributed by atoms with E-state index in [9.17, 15) is 0 Å². The van der Waals surface area contributed by atoms with Gasteiger partial charge in [0.25, 0.3) is 0 Å². The summed E-state index contributed by atoms with van der Waals surface area (Å²) in [5.74, 6) is 0. The van der Waals surface area contributed by atoms with E-state index in [-0.39, 0.29) is 5.69 Å². The minimum atomic E-state index is -2.30. The van der Waals surface area contributed by atoms with Crippen LogP contribution in [0, 0.1) is 6.85 Å². The lowest BCUT2D eigenvalue weighted by molar-refractivity contribution is 1.22. The Morgan fingerprint density at radius 3 is 1.86 bits per heavy atom. The van der Waals surface area contributed by atoms with Crippen molar-refractivity contribution in [2.75, 3.05) is 0 Å². The largest absolute Gasteiger partial charge is 0.251 e. The highest BCUT2D eigenvalue weighted by Crippen LogP contribution is 2.32. The lowest BCUT2D eigenvalue weighted by atomic mass is 10.1. The van der Waals surface area contributed by atoms with Gasteiger partial charge in [0, 0.05) is 26.1 Å². The van der Waals surface area contributed by atoms with Gasteiger partial charge in [-0.2, -0.15) is 0 Å². The number of aromatic nitrogens is 5. The molecule has 0 aliphatic rings. The minimum Gasteiger partial charge on any atom is -0.251 e. The molecule has 174 valence electrons. The Kier molecular flexibility index (Phi) is 4.23. The standard InChI is InChI=1S/C32H21N5/c1-20-14-15-22-16-17-23-18-19-27(36-30(23)29(22)33-20)24-12-7-13-28(34-24)32-31(21-8-3-2-4-9-21)35-25-10-5-6-11-26(25)37-32/h2-19H,1H3/i1D3. The first-order valence-corrected chi connectivity index (χ1v) is 12.0. The van der Waals surface area contributed by atoms with Crippen LogP contribution in [0.2, 0.25) is 0 Å². The first-order chi connectivity index (χ1) is 19.4. The molecule has 0 aliphatic heterocycles. The van der Waals surface area contributed by atoms with Crippen LogP contribution in [-0.2, 0) is 0 Å². The molecule has 7 aromatic rings. The summed E-state index contributed by atoms with van der Waals surface area (Å²) in [4.78, 5) is 24.3. The third-order valence-corrected chi connectivity index (χ3v) is 6.39. The zero-order chi connectivity index (χ0) is 27.3. The van der Waals surface area contributed by atoms with Crippen molar-refractivity contribution in [1.29, 1.82) is 0 Å². The van der Waals surface area contributed by atoms with E-state index in [1.807, 2.05) is 97.1 Å². The van der Waals surface area contributed by atoms with Crippen LogP contribution in [0.5, 0.6) is 0 Å². The van der Waals surface area contributed by atoms with E-state index in [0.29, 0.717) is 33.8 Å². The van der Waals surface area contributed by atoms with Crippen LogP contribution in [0.3, 0.4) is 0 Å². The van der Waals surface area contributed by atoms with E-state index in [0.717, 1.165) is 33.1 Å². The van der Waals surface area contributed by atoms with Crippen LogP contribution in [0.4, 0.5) is 0 Å². The Hall–Kier alpha value is -5.03. The van der Waals surface area contributed by atoms with Gasteiger partial charge < -0.3 is 0 Å². The van der Waals surface area contributed by atoms with Crippen LogP contribution >= 0.6 is 0 Å². The van der Waals surface area contributed by atoms with Gasteiger partial charge in [0.2, 0.25) is 0 Å². The van der Waals surface area contributed by atoms with Crippen molar-refractivity contribution in [2.45, 2.75) is 6.85 Å². The number of para-hydroxylation sites is 2. The maximum atomic E-state index is 7.80. The molecule has 0 aliphatic carbocycles. The molecule has 0 N–H and O–H groups in total. The van der Waals surface area contributed by atoms with Crippen LogP contribution in [0.15, 0.2) is 109 Å². The molecule has 3 aromatic carbocycles. The lowest BCUT2D eigenvalue weighted by Gasteiger charge is -2.11. The summed E-state index contributed by atoms with van der Waals surface area (Å²) in [6, 6.07) is 34.6. The average Bonchev–Trinajstić information content (AvgIpc) is 3.00. The first kappa shape index (κ1) is 18.3. The van der Waals surface area contributed by atoms with Crippen LogP contribution in [0.25, 0.3) is 66.9 Å². The van der Waals surface area contributed by atoms with Crippen molar-refractivity contribution >= 4 is 32.8 Å². The highest BCUT2D eigenvalue weighted by Gasteiger charge is 2.16. The van der Waals surface area contributed by atoms with Crippen molar-refractivity contribution < 1.29 is 4.11 Å². The Balaban J connectivity index is 1.40. The van der Waals surface area contributed by atoms with Crippen molar-refractivity contribution in [3.63, 3.8) is 0 Å². The Bertz CT molecular complexity index is 2060. The topological polar surface area (TPSA) is 64.5 Å². The average molecular weight is 479 g/mol. The summed E-state index contributed by atoms with van der Waals surface area (Å²) in [5.41, 5.74) is 7.21. The second kappa shape index (κ2) is 8.57. The highest BCUT2D eigenvalue weighted by atomic mass is 14.9. The zero-order valence-corrected chi connectivity index (χ0v) is 19.6. The van der Waals surface area contributed by atoms with Gasteiger partial charge in [0.05, 0.1) is 44.8 Å². The fourth-order valence-electron chi connectivity index (χ4n) is 4.60. The molecule has 0 radical (unpaired) electrons. The molecule has 0 unspecified atom stereocenters. The maximum Gasteiger partial charge on any atom is 0.116 e. The third-order valence-electron chi connectivity index (χ3n) is 6.39. The molecular weight excluding hydrogens is 454 g/mol. The number of rotatable bonds is 3. The molecule has 7 rings (SSSR count). The number of benzene rings is 3. The molecule has 0 amide bonds. The van der Waals surface area contributed by atoms with Gasteiger partial charge in [-0.15, -0.1) is 0 Å². The molecule has 0 atom stereocenters. The Morgan fingerprint density at radius 1 is 0.459 bits per heavy atom. The maximum absolute atomic E-state index is 7.80. The van der Waals surface area contributed by atoms with E-state index in [1.165, 1.54) is 0 Å². The molecule has 0 saturated carbocycles. The summed E-state index contributed by atoms with van der Waals surface area (Å²) in [6.07, 6.45) is 0. The van der Waals surface area contributed by atoms with Gasteiger partial charge in [0.15, 0.2) is 0 Å². The van der Waals surface area contributed by atoms with Gasteiger partial charge in [-0.1, -0.05) is 72.8 Å². The predicted octanol–water partition coefficient (Wildman–Crippen LogP) is 7.43. The second-order valence-electron chi connectivity index (χ2n) is 8.79. The fraction of sp³-hybridized carbons (Fsp3) is 0.0312. The van der Waals surface area contributed by atoms with Crippen molar-refractivity contribution in [1.82, 2.24) is 24.9 Å². The van der Waals surface area contributed by atoms with Crippen LogP contribution < -0.4 is 0 Å². The summed E-state index contributed by atoms with van der Waals surface area (Å²) < 4.78 is 23.4. The smallest absolute Gasteiger partial charge is 0.116 e. The number of pyridine rings is 3. The monoisotopic (exact) mass is 478 g/mol. The molecule has 4 heterocycles. The predicted molar refractivity (Wildman–Crippen MR) is 149 cm³/mol. The molecule has 0 bridgehead atoms. The Morgan fingerprint density at radius 2 is 1.08 bits per heavy atom. The molecule has 0 fully saturated rings.